The normalized spacial score (nSPS) is 16.3. The van der Waals surface area contributed by atoms with Gasteiger partial charge in [-0.25, -0.2) is 4.79 Å². The van der Waals surface area contributed by atoms with Gasteiger partial charge in [0.25, 0.3) is 0 Å². The average Bonchev–Trinajstić information content (AvgIpc) is 2.46. The molecular formula is C15H22N2O2. The predicted octanol–water partition coefficient (Wildman–Crippen LogP) is 2.56. The number of benzene rings is 1. The van der Waals surface area contributed by atoms with Crippen molar-refractivity contribution in [1.82, 2.24) is 9.80 Å². The van der Waals surface area contributed by atoms with Crippen LogP contribution in [0.25, 0.3) is 0 Å². The number of urea groups is 1. The van der Waals surface area contributed by atoms with Gasteiger partial charge in [0.05, 0.1) is 7.11 Å². The molecule has 0 bridgehead atoms. The van der Waals surface area contributed by atoms with Crippen molar-refractivity contribution in [3.63, 3.8) is 0 Å². The lowest BCUT2D eigenvalue weighted by Crippen LogP contribution is -2.43. The fraction of sp³-hybridized carbons (Fsp3) is 0.533. The van der Waals surface area contributed by atoms with Crippen LogP contribution in [0.2, 0.25) is 0 Å². The summed E-state index contributed by atoms with van der Waals surface area (Å²) in [5.41, 5.74) is 1.27. The zero-order valence-electron chi connectivity index (χ0n) is 11.9. The van der Waals surface area contributed by atoms with Crippen molar-refractivity contribution < 1.29 is 9.53 Å². The van der Waals surface area contributed by atoms with Gasteiger partial charge >= 0.3 is 6.03 Å². The number of nitrogens with zero attached hydrogens (tertiary/aromatic N) is 2. The van der Waals surface area contributed by atoms with Crippen LogP contribution in [0.4, 0.5) is 4.79 Å². The molecule has 1 fully saturated rings. The third-order valence-electron chi connectivity index (χ3n) is 3.73. The highest BCUT2D eigenvalue weighted by atomic mass is 16.5. The summed E-state index contributed by atoms with van der Waals surface area (Å²) in [5, 5.41) is 0. The Morgan fingerprint density at radius 3 is 2.47 bits per heavy atom. The Bertz CT molecular complexity index is 438. The molecule has 1 heterocycles. The highest BCUT2D eigenvalue weighted by molar-refractivity contribution is 5.73. The Kier molecular flexibility index (Phi) is 4.30. The molecule has 4 heteroatoms. The molecule has 1 aromatic rings. The molecule has 0 saturated carbocycles. The second-order valence-corrected chi connectivity index (χ2v) is 5.18. The van der Waals surface area contributed by atoms with Crippen molar-refractivity contribution in [2.45, 2.75) is 18.8 Å². The highest BCUT2D eigenvalue weighted by Gasteiger charge is 2.26. The van der Waals surface area contributed by atoms with Crippen LogP contribution in [0.1, 0.15) is 24.3 Å². The first kappa shape index (κ1) is 13.7. The van der Waals surface area contributed by atoms with Crippen LogP contribution in [-0.4, -0.2) is 50.1 Å². The first-order chi connectivity index (χ1) is 9.13. The topological polar surface area (TPSA) is 32.8 Å². The molecule has 0 aliphatic carbocycles. The zero-order chi connectivity index (χ0) is 13.8. The summed E-state index contributed by atoms with van der Waals surface area (Å²) in [7, 11) is 5.31. The van der Waals surface area contributed by atoms with E-state index < -0.39 is 0 Å². The van der Waals surface area contributed by atoms with E-state index in [9.17, 15) is 4.79 Å². The number of piperidine rings is 1. The summed E-state index contributed by atoms with van der Waals surface area (Å²) < 4.78 is 5.42. The molecule has 0 unspecified atom stereocenters. The van der Waals surface area contributed by atoms with E-state index in [-0.39, 0.29) is 6.03 Å². The fourth-order valence-corrected chi connectivity index (χ4v) is 2.67. The highest BCUT2D eigenvalue weighted by Crippen LogP contribution is 2.34. The molecule has 19 heavy (non-hydrogen) atoms. The van der Waals surface area contributed by atoms with Crippen LogP contribution in [0, 0.1) is 0 Å². The van der Waals surface area contributed by atoms with E-state index in [1.165, 1.54) is 5.56 Å². The second-order valence-electron chi connectivity index (χ2n) is 5.18. The SMILES string of the molecule is COc1ccccc1C1CCN(C(=O)N(C)C)CC1. The van der Waals surface area contributed by atoms with E-state index in [0.717, 1.165) is 31.7 Å². The number of hydrogen-bond acceptors (Lipinski definition) is 2. The molecule has 0 spiro atoms. The number of carbonyl (C=O) groups excluding carboxylic acids is 1. The lowest BCUT2D eigenvalue weighted by molar-refractivity contribution is 0.156. The van der Waals surface area contributed by atoms with Gasteiger partial charge in [-0.05, 0) is 30.4 Å². The molecule has 0 N–H and O–H groups in total. The molecule has 1 aliphatic rings. The molecule has 1 aliphatic heterocycles. The van der Waals surface area contributed by atoms with Crippen molar-refractivity contribution in [3.8, 4) is 5.75 Å². The van der Waals surface area contributed by atoms with Gasteiger partial charge in [-0.1, -0.05) is 18.2 Å². The lowest BCUT2D eigenvalue weighted by atomic mass is 9.89. The number of ether oxygens (including phenoxy) is 1. The largest absolute Gasteiger partial charge is 0.496 e. The first-order valence-electron chi connectivity index (χ1n) is 6.72. The quantitative estimate of drug-likeness (QED) is 0.820. The van der Waals surface area contributed by atoms with E-state index in [2.05, 4.69) is 12.1 Å². The monoisotopic (exact) mass is 262 g/mol. The molecular weight excluding hydrogens is 240 g/mol. The van der Waals surface area contributed by atoms with Crippen molar-refractivity contribution >= 4 is 6.03 Å². The van der Waals surface area contributed by atoms with Gasteiger partial charge in [-0.2, -0.15) is 0 Å². The van der Waals surface area contributed by atoms with Gasteiger partial charge in [0.1, 0.15) is 5.75 Å². The summed E-state index contributed by atoms with van der Waals surface area (Å²) in [6.45, 7) is 1.64. The molecule has 104 valence electrons. The van der Waals surface area contributed by atoms with Crippen LogP contribution < -0.4 is 4.74 Å². The molecule has 2 amide bonds. The van der Waals surface area contributed by atoms with Crippen molar-refractivity contribution in [1.29, 1.82) is 0 Å². The number of likely N-dealkylation sites (tertiary alicyclic amines) is 1. The molecule has 2 rings (SSSR count). The number of carbonyl (C=O) groups is 1. The van der Waals surface area contributed by atoms with Crippen molar-refractivity contribution in [2.24, 2.45) is 0 Å². The number of rotatable bonds is 2. The number of methoxy groups -OCH3 is 1. The van der Waals surface area contributed by atoms with E-state index in [4.69, 9.17) is 4.74 Å². The van der Waals surface area contributed by atoms with Gasteiger partial charge in [0, 0.05) is 27.2 Å². The number of hydrogen-bond donors (Lipinski definition) is 0. The molecule has 0 aromatic heterocycles. The minimum Gasteiger partial charge on any atom is -0.496 e. The Morgan fingerprint density at radius 1 is 1.26 bits per heavy atom. The zero-order valence-corrected chi connectivity index (χ0v) is 11.9. The minimum atomic E-state index is 0.110. The molecule has 1 aromatic carbocycles. The first-order valence-corrected chi connectivity index (χ1v) is 6.72. The van der Waals surface area contributed by atoms with Crippen LogP contribution >= 0.6 is 0 Å². The summed E-state index contributed by atoms with van der Waals surface area (Å²) in [6, 6.07) is 8.29. The van der Waals surface area contributed by atoms with E-state index in [0.29, 0.717) is 5.92 Å². The molecule has 0 radical (unpaired) electrons. The fourth-order valence-electron chi connectivity index (χ4n) is 2.67. The van der Waals surface area contributed by atoms with E-state index in [1.54, 1.807) is 26.1 Å². The summed E-state index contributed by atoms with van der Waals surface area (Å²) in [5.74, 6) is 1.45. The van der Waals surface area contributed by atoms with E-state index in [1.807, 2.05) is 17.0 Å². The van der Waals surface area contributed by atoms with Gasteiger partial charge in [-0.15, -0.1) is 0 Å². The average molecular weight is 262 g/mol. The standard InChI is InChI=1S/C15H22N2O2/c1-16(2)15(18)17-10-8-12(9-11-17)13-6-4-5-7-14(13)19-3/h4-7,12H,8-11H2,1-3H3. The van der Waals surface area contributed by atoms with Crippen LogP contribution in [0.5, 0.6) is 5.75 Å². The van der Waals surface area contributed by atoms with E-state index >= 15 is 0 Å². The predicted molar refractivity (Wildman–Crippen MR) is 75.6 cm³/mol. The minimum absolute atomic E-state index is 0.110. The van der Waals surface area contributed by atoms with Gasteiger partial charge in [-0.3, -0.25) is 0 Å². The second kappa shape index (κ2) is 5.95. The van der Waals surface area contributed by atoms with Crippen molar-refractivity contribution in [3.05, 3.63) is 29.8 Å². The molecule has 0 atom stereocenters. The Labute approximate surface area is 115 Å². The smallest absolute Gasteiger partial charge is 0.319 e. The van der Waals surface area contributed by atoms with Crippen LogP contribution in [0.15, 0.2) is 24.3 Å². The Hall–Kier alpha value is -1.71. The Balaban J connectivity index is 2.02. The lowest BCUT2D eigenvalue weighted by Gasteiger charge is -2.34. The maximum Gasteiger partial charge on any atom is 0.319 e. The van der Waals surface area contributed by atoms with Crippen molar-refractivity contribution in [2.75, 3.05) is 34.3 Å². The Morgan fingerprint density at radius 2 is 1.89 bits per heavy atom. The summed E-state index contributed by atoms with van der Waals surface area (Å²) in [6.07, 6.45) is 2.00. The number of amides is 2. The third kappa shape index (κ3) is 3.00. The van der Waals surface area contributed by atoms with Gasteiger partial charge < -0.3 is 14.5 Å². The summed E-state index contributed by atoms with van der Waals surface area (Å²) >= 11 is 0. The van der Waals surface area contributed by atoms with Gasteiger partial charge in [0.2, 0.25) is 0 Å². The van der Waals surface area contributed by atoms with Crippen LogP contribution in [-0.2, 0) is 0 Å². The van der Waals surface area contributed by atoms with Gasteiger partial charge in [0.15, 0.2) is 0 Å². The third-order valence-corrected chi connectivity index (χ3v) is 3.73. The maximum absolute atomic E-state index is 11.9. The molecule has 1 saturated heterocycles. The maximum atomic E-state index is 11.9. The number of para-hydroxylation sites is 1. The molecule has 4 nitrogen and oxygen atoms in total. The summed E-state index contributed by atoms with van der Waals surface area (Å²) in [4.78, 5) is 15.5. The van der Waals surface area contributed by atoms with Crippen LogP contribution in [0.3, 0.4) is 0 Å².